The van der Waals surface area contributed by atoms with Crippen molar-refractivity contribution in [1.29, 1.82) is 0 Å². The predicted molar refractivity (Wildman–Crippen MR) is 49.4 cm³/mol. The molecule has 0 amide bonds. The van der Waals surface area contributed by atoms with E-state index in [1.165, 1.54) is 6.92 Å². The van der Waals surface area contributed by atoms with Gasteiger partial charge in [0, 0.05) is 11.1 Å². The molecule has 1 aromatic rings. The molecular weight excluding hydrogens is 164 g/mol. The molecule has 0 aliphatic rings. The van der Waals surface area contributed by atoms with E-state index in [9.17, 15) is 9.59 Å². The maximum Gasteiger partial charge on any atom is 0.193 e. The summed E-state index contributed by atoms with van der Waals surface area (Å²) in [6, 6.07) is 6.95. The average Bonchev–Trinajstić information content (AvgIpc) is 2.15. The lowest BCUT2D eigenvalue weighted by Gasteiger charge is -1.97. The number of hydrogen-bond donors (Lipinski definition) is 0. The summed E-state index contributed by atoms with van der Waals surface area (Å²) in [4.78, 5) is 21.1. The van der Waals surface area contributed by atoms with Crippen molar-refractivity contribution in [2.45, 2.75) is 6.92 Å². The minimum Gasteiger partial charge on any atom is -0.294 e. The lowest BCUT2D eigenvalue weighted by atomic mass is 10.1. The van der Waals surface area contributed by atoms with Gasteiger partial charge in [-0.25, -0.2) is 0 Å². The Labute approximate surface area is 76.6 Å². The number of carbonyl (C=O) groups is 2. The molecule has 0 saturated carbocycles. The second kappa shape index (κ2) is 4.22. The van der Waals surface area contributed by atoms with Gasteiger partial charge in [0.2, 0.25) is 0 Å². The fraction of sp³-hybridized carbons (Fsp3) is 0.0909. The van der Waals surface area contributed by atoms with Crippen LogP contribution in [0.25, 0.3) is 0 Å². The van der Waals surface area contributed by atoms with Crippen molar-refractivity contribution in [3.63, 3.8) is 0 Å². The molecule has 0 spiro atoms. The van der Waals surface area contributed by atoms with Crippen LogP contribution in [-0.2, 0) is 4.79 Å². The molecule has 0 N–H and O–H groups in total. The highest BCUT2D eigenvalue weighted by atomic mass is 16.1. The van der Waals surface area contributed by atoms with E-state index in [4.69, 9.17) is 0 Å². The summed E-state index contributed by atoms with van der Waals surface area (Å²) >= 11 is 0. The summed E-state index contributed by atoms with van der Waals surface area (Å²) < 4.78 is 0. The van der Waals surface area contributed by atoms with E-state index in [2.05, 4.69) is 11.8 Å². The predicted octanol–water partition coefficient (Wildman–Crippen LogP) is 1.44. The lowest BCUT2D eigenvalue weighted by Crippen LogP contribution is -1.95. The maximum absolute atomic E-state index is 11.1. The molecule has 64 valence electrons. The van der Waals surface area contributed by atoms with Crippen molar-refractivity contribution in [2.24, 2.45) is 0 Å². The molecular formula is C11H8O2. The number of aldehydes is 1. The van der Waals surface area contributed by atoms with Crippen molar-refractivity contribution in [3.05, 3.63) is 35.4 Å². The van der Waals surface area contributed by atoms with Crippen LogP contribution in [0.15, 0.2) is 24.3 Å². The molecule has 2 heteroatoms. The average molecular weight is 172 g/mol. The molecule has 1 rings (SSSR count). The van der Waals surface area contributed by atoms with Crippen molar-refractivity contribution in [3.8, 4) is 11.8 Å². The topological polar surface area (TPSA) is 34.1 Å². The maximum atomic E-state index is 11.1. The van der Waals surface area contributed by atoms with Gasteiger partial charge >= 0.3 is 0 Å². The molecule has 0 aromatic heterocycles. The standard InChI is InChI=1S/C11H8O2/c1-9(13)11-7-3-2-5-10(11)6-4-8-12/h2-3,5,7-8H,1H3. The zero-order chi connectivity index (χ0) is 9.68. The Kier molecular flexibility index (Phi) is 2.99. The molecule has 0 heterocycles. The fourth-order valence-corrected chi connectivity index (χ4v) is 1.01. The Morgan fingerprint density at radius 3 is 2.69 bits per heavy atom. The summed E-state index contributed by atoms with van der Waals surface area (Å²) in [6.45, 7) is 1.47. The SMILES string of the molecule is CC(=O)c1ccccc1C#CC=O. The summed E-state index contributed by atoms with van der Waals surface area (Å²) in [5.41, 5.74) is 1.15. The quantitative estimate of drug-likeness (QED) is 0.365. The van der Waals surface area contributed by atoms with Gasteiger partial charge in [0.05, 0.1) is 0 Å². The van der Waals surface area contributed by atoms with Crippen molar-refractivity contribution < 1.29 is 9.59 Å². The molecule has 0 radical (unpaired) electrons. The van der Waals surface area contributed by atoms with Gasteiger partial charge in [0.1, 0.15) is 0 Å². The van der Waals surface area contributed by atoms with Gasteiger partial charge in [0.15, 0.2) is 12.1 Å². The molecule has 0 bridgehead atoms. The number of carbonyl (C=O) groups excluding carboxylic acids is 2. The summed E-state index contributed by atoms with van der Waals surface area (Å²) in [7, 11) is 0. The van der Waals surface area contributed by atoms with Gasteiger partial charge in [-0.05, 0) is 18.9 Å². The van der Waals surface area contributed by atoms with Crippen LogP contribution in [0.5, 0.6) is 0 Å². The highest BCUT2D eigenvalue weighted by molar-refractivity contribution is 5.96. The number of rotatable bonds is 1. The van der Waals surface area contributed by atoms with Gasteiger partial charge in [-0.15, -0.1) is 0 Å². The number of hydrogen-bond acceptors (Lipinski definition) is 2. The molecule has 13 heavy (non-hydrogen) atoms. The van der Waals surface area contributed by atoms with Gasteiger partial charge in [-0.2, -0.15) is 0 Å². The Balaban J connectivity index is 3.19. The molecule has 0 saturated heterocycles. The molecule has 0 unspecified atom stereocenters. The minimum atomic E-state index is -0.0456. The first-order chi connectivity index (χ1) is 6.25. The van der Waals surface area contributed by atoms with E-state index >= 15 is 0 Å². The molecule has 1 aromatic carbocycles. The van der Waals surface area contributed by atoms with E-state index < -0.39 is 0 Å². The van der Waals surface area contributed by atoms with E-state index in [-0.39, 0.29) is 5.78 Å². The Morgan fingerprint density at radius 2 is 2.08 bits per heavy atom. The highest BCUT2D eigenvalue weighted by Crippen LogP contribution is 2.07. The van der Waals surface area contributed by atoms with E-state index in [1.54, 1.807) is 24.3 Å². The zero-order valence-corrected chi connectivity index (χ0v) is 7.20. The van der Waals surface area contributed by atoms with Crippen molar-refractivity contribution in [2.75, 3.05) is 0 Å². The number of Topliss-reactive ketones (excluding diaryl/α,β-unsaturated/α-hetero) is 1. The third-order valence-corrected chi connectivity index (χ3v) is 1.57. The Hall–Kier alpha value is -1.88. The molecule has 2 nitrogen and oxygen atoms in total. The number of ketones is 1. The third kappa shape index (κ3) is 2.28. The van der Waals surface area contributed by atoms with Crippen LogP contribution in [0, 0.1) is 11.8 Å². The normalized spacial score (nSPS) is 8.38. The van der Waals surface area contributed by atoms with Crippen LogP contribution in [0.4, 0.5) is 0 Å². The minimum absolute atomic E-state index is 0.0456. The molecule has 0 aliphatic heterocycles. The third-order valence-electron chi connectivity index (χ3n) is 1.57. The van der Waals surface area contributed by atoms with Crippen LogP contribution in [0.2, 0.25) is 0 Å². The van der Waals surface area contributed by atoms with Crippen LogP contribution in [0.3, 0.4) is 0 Å². The number of benzene rings is 1. The summed E-state index contributed by atoms with van der Waals surface area (Å²) in [5.74, 6) is 4.84. The Morgan fingerprint density at radius 1 is 1.38 bits per heavy atom. The van der Waals surface area contributed by atoms with Crippen LogP contribution in [0.1, 0.15) is 22.8 Å². The van der Waals surface area contributed by atoms with Crippen LogP contribution in [-0.4, -0.2) is 12.1 Å². The summed E-state index contributed by atoms with van der Waals surface area (Å²) in [6.07, 6.45) is 0.511. The Bertz CT molecular complexity index is 394. The first kappa shape index (κ1) is 9.21. The van der Waals surface area contributed by atoms with E-state index in [0.717, 1.165) is 0 Å². The van der Waals surface area contributed by atoms with Crippen LogP contribution >= 0.6 is 0 Å². The monoisotopic (exact) mass is 172 g/mol. The van der Waals surface area contributed by atoms with E-state index in [0.29, 0.717) is 17.4 Å². The second-order valence-electron chi connectivity index (χ2n) is 2.49. The fourth-order valence-electron chi connectivity index (χ4n) is 1.01. The van der Waals surface area contributed by atoms with Gasteiger partial charge < -0.3 is 0 Å². The van der Waals surface area contributed by atoms with Gasteiger partial charge in [-0.1, -0.05) is 24.1 Å². The summed E-state index contributed by atoms with van der Waals surface area (Å²) in [5, 5.41) is 0. The van der Waals surface area contributed by atoms with Gasteiger partial charge in [0.25, 0.3) is 0 Å². The molecule has 0 aliphatic carbocycles. The van der Waals surface area contributed by atoms with Crippen LogP contribution < -0.4 is 0 Å². The van der Waals surface area contributed by atoms with Crippen molar-refractivity contribution >= 4 is 12.1 Å². The molecule has 0 atom stereocenters. The van der Waals surface area contributed by atoms with E-state index in [1.807, 2.05) is 0 Å². The largest absolute Gasteiger partial charge is 0.294 e. The first-order valence-corrected chi connectivity index (χ1v) is 3.81. The second-order valence-corrected chi connectivity index (χ2v) is 2.49. The van der Waals surface area contributed by atoms with Crippen molar-refractivity contribution in [1.82, 2.24) is 0 Å². The first-order valence-electron chi connectivity index (χ1n) is 3.81. The van der Waals surface area contributed by atoms with Gasteiger partial charge in [-0.3, -0.25) is 9.59 Å². The smallest absolute Gasteiger partial charge is 0.193 e. The molecule has 0 fully saturated rings. The lowest BCUT2D eigenvalue weighted by molar-refractivity contribution is -0.103. The zero-order valence-electron chi connectivity index (χ0n) is 7.20. The highest BCUT2D eigenvalue weighted by Gasteiger charge is 2.02.